The molecular weight excluding hydrogens is 276 g/mol. The summed E-state index contributed by atoms with van der Waals surface area (Å²) in [5.41, 5.74) is 1.61. The number of ether oxygens (including phenoxy) is 1. The van der Waals surface area contributed by atoms with Gasteiger partial charge in [-0.3, -0.25) is 4.68 Å². The molecule has 0 aliphatic heterocycles. The van der Waals surface area contributed by atoms with Crippen LogP contribution in [0, 0.1) is 5.41 Å². The van der Waals surface area contributed by atoms with Crippen LogP contribution in [0.15, 0.2) is 0 Å². The maximum absolute atomic E-state index is 10.5. The Morgan fingerprint density at radius 1 is 1.35 bits per heavy atom. The van der Waals surface area contributed by atoms with Crippen molar-refractivity contribution in [2.75, 3.05) is 6.61 Å². The van der Waals surface area contributed by atoms with Crippen molar-refractivity contribution in [1.29, 1.82) is 0 Å². The van der Waals surface area contributed by atoms with Gasteiger partial charge in [-0.15, -0.1) is 0 Å². The SMILES string of the molecule is CCOC(C(O)Cc1c(Cl)c(CC)nn1C)C(C)(C)C. The Hall–Kier alpha value is -0.580. The molecule has 116 valence electrons. The smallest absolute Gasteiger partial charge is 0.0885 e. The monoisotopic (exact) mass is 302 g/mol. The number of hydrogen-bond donors (Lipinski definition) is 1. The Bertz CT molecular complexity index is 438. The number of aryl methyl sites for hydroxylation is 2. The minimum absolute atomic E-state index is 0.131. The van der Waals surface area contributed by atoms with Crippen LogP contribution >= 0.6 is 11.6 Å². The molecule has 0 saturated carbocycles. The van der Waals surface area contributed by atoms with Gasteiger partial charge in [-0.1, -0.05) is 39.3 Å². The zero-order valence-electron chi connectivity index (χ0n) is 13.4. The van der Waals surface area contributed by atoms with Crippen LogP contribution in [0.5, 0.6) is 0 Å². The Labute approximate surface area is 127 Å². The normalized spacial score (nSPS) is 15.4. The largest absolute Gasteiger partial charge is 0.390 e. The van der Waals surface area contributed by atoms with E-state index in [2.05, 4.69) is 25.9 Å². The fourth-order valence-corrected chi connectivity index (χ4v) is 2.84. The Morgan fingerprint density at radius 2 is 1.95 bits per heavy atom. The van der Waals surface area contributed by atoms with Crippen LogP contribution in [0.3, 0.4) is 0 Å². The molecule has 0 radical (unpaired) electrons. The molecule has 0 aromatic carbocycles. The van der Waals surface area contributed by atoms with Gasteiger partial charge in [0.1, 0.15) is 0 Å². The van der Waals surface area contributed by atoms with Crippen LogP contribution in [0.25, 0.3) is 0 Å². The number of aromatic nitrogens is 2. The Balaban J connectivity index is 2.93. The van der Waals surface area contributed by atoms with Gasteiger partial charge in [0.05, 0.1) is 28.6 Å². The Morgan fingerprint density at radius 3 is 2.35 bits per heavy atom. The van der Waals surface area contributed by atoms with Gasteiger partial charge in [-0.05, 0) is 18.8 Å². The molecule has 2 atom stereocenters. The van der Waals surface area contributed by atoms with Gasteiger partial charge in [-0.25, -0.2) is 0 Å². The van der Waals surface area contributed by atoms with Crippen LogP contribution < -0.4 is 0 Å². The van der Waals surface area contributed by atoms with Crippen LogP contribution in [0.1, 0.15) is 46.0 Å². The molecule has 0 aliphatic carbocycles. The lowest BCUT2D eigenvalue weighted by molar-refractivity contribution is -0.0878. The molecule has 2 unspecified atom stereocenters. The highest BCUT2D eigenvalue weighted by atomic mass is 35.5. The highest BCUT2D eigenvalue weighted by molar-refractivity contribution is 6.31. The first-order valence-electron chi connectivity index (χ1n) is 7.22. The van der Waals surface area contributed by atoms with E-state index in [9.17, 15) is 5.11 Å². The predicted molar refractivity (Wildman–Crippen MR) is 82.2 cm³/mol. The van der Waals surface area contributed by atoms with Crippen molar-refractivity contribution in [2.24, 2.45) is 12.5 Å². The van der Waals surface area contributed by atoms with E-state index >= 15 is 0 Å². The molecule has 1 heterocycles. The van der Waals surface area contributed by atoms with Crippen LogP contribution in [-0.2, 0) is 24.6 Å². The van der Waals surface area contributed by atoms with Gasteiger partial charge in [0.15, 0.2) is 0 Å². The summed E-state index contributed by atoms with van der Waals surface area (Å²) in [5.74, 6) is 0. The first-order chi connectivity index (χ1) is 9.22. The molecule has 0 fully saturated rings. The fourth-order valence-electron chi connectivity index (χ4n) is 2.46. The lowest BCUT2D eigenvalue weighted by Gasteiger charge is -2.34. The molecule has 1 N–H and O–H groups in total. The second kappa shape index (κ2) is 6.92. The minimum Gasteiger partial charge on any atom is -0.390 e. The van der Waals surface area contributed by atoms with E-state index in [0.29, 0.717) is 18.1 Å². The molecule has 1 aromatic rings. The van der Waals surface area contributed by atoms with Crippen LogP contribution in [0.2, 0.25) is 5.02 Å². The van der Waals surface area contributed by atoms with E-state index < -0.39 is 6.10 Å². The van der Waals surface area contributed by atoms with Gasteiger partial charge in [0.25, 0.3) is 0 Å². The number of nitrogens with zero attached hydrogens (tertiary/aromatic N) is 2. The van der Waals surface area contributed by atoms with Gasteiger partial charge in [-0.2, -0.15) is 5.10 Å². The number of aliphatic hydroxyl groups is 1. The molecule has 1 aromatic heterocycles. The number of halogens is 1. The van der Waals surface area contributed by atoms with Crippen molar-refractivity contribution in [3.8, 4) is 0 Å². The van der Waals surface area contributed by atoms with E-state index in [1.54, 1.807) is 4.68 Å². The third-order valence-electron chi connectivity index (χ3n) is 3.45. The van der Waals surface area contributed by atoms with E-state index in [-0.39, 0.29) is 11.5 Å². The van der Waals surface area contributed by atoms with E-state index in [0.717, 1.165) is 17.8 Å². The molecule has 20 heavy (non-hydrogen) atoms. The summed E-state index contributed by atoms with van der Waals surface area (Å²) in [6.07, 6.45) is 0.400. The molecule has 0 saturated heterocycles. The highest BCUT2D eigenvalue weighted by Crippen LogP contribution is 2.29. The number of hydrogen-bond acceptors (Lipinski definition) is 3. The lowest BCUT2D eigenvalue weighted by Crippen LogP contribution is -2.41. The average Bonchev–Trinajstić information content (AvgIpc) is 2.61. The van der Waals surface area contributed by atoms with E-state index in [1.165, 1.54) is 0 Å². The van der Waals surface area contributed by atoms with Gasteiger partial charge < -0.3 is 9.84 Å². The summed E-state index contributed by atoms with van der Waals surface area (Å²) in [5, 5.41) is 15.6. The summed E-state index contributed by atoms with van der Waals surface area (Å²) in [6.45, 7) is 10.7. The zero-order chi connectivity index (χ0) is 15.5. The van der Waals surface area contributed by atoms with Crippen molar-refractivity contribution in [3.63, 3.8) is 0 Å². The summed E-state index contributed by atoms with van der Waals surface area (Å²) < 4.78 is 7.49. The molecular formula is C15H27ClN2O2. The van der Waals surface area contributed by atoms with E-state index in [4.69, 9.17) is 16.3 Å². The minimum atomic E-state index is -0.604. The number of rotatable bonds is 6. The summed E-state index contributed by atoms with van der Waals surface area (Å²) >= 11 is 6.33. The molecule has 0 bridgehead atoms. The first-order valence-corrected chi connectivity index (χ1v) is 7.60. The van der Waals surface area contributed by atoms with Crippen molar-refractivity contribution >= 4 is 11.6 Å². The van der Waals surface area contributed by atoms with Gasteiger partial charge in [0, 0.05) is 20.1 Å². The Kier molecular flexibility index (Phi) is 6.05. The molecule has 5 heteroatoms. The summed E-state index contributed by atoms with van der Waals surface area (Å²) in [4.78, 5) is 0. The van der Waals surface area contributed by atoms with Crippen LogP contribution in [0.4, 0.5) is 0 Å². The molecule has 4 nitrogen and oxygen atoms in total. The van der Waals surface area contributed by atoms with Crippen molar-refractivity contribution in [3.05, 3.63) is 16.4 Å². The summed E-state index contributed by atoms with van der Waals surface area (Å²) in [6, 6.07) is 0. The van der Waals surface area contributed by atoms with Gasteiger partial charge >= 0.3 is 0 Å². The second-order valence-electron chi connectivity index (χ2n) is 6.20. The third-order valence-corrected chi connectivity index (χ3v) is 3.89. The maximum atomic E-state index is 10.5. The van der Waals surface area contributed by atoms with Gasteiger partial charge in [0.2, 0.25) is 0 Å². The lowest BCUT2D eigenvalue weighted by atomic mass is 9.84. The average molecular weight is 303 g/mol. The molecule has 0 aliphatic rings. The van der Waals surface area contributed by atoms with Crippen LogP contribution in [-0.4, -0.2) is 33.7 Å². The second-order valence-corrected chi connectivity index (χ2v) is 6.58. The molecule has 0 spiro atoms. The summed E-state index contributed by atoms with van der Waals surface area (Å²) in [7, 11) is 1.86. The quantitative estimate of drug-likeness (QED) is 0.879. The topological polar surface area (TPSA) is 47.3 Å². The predicted octanol–water partition coefficient (Wildman–Crippen LogP) is 2.99. The zero-order valence-corrected chi connectivity index (χ0v) is 14.2. The standard InChI is InChI=1S/C15H27ClN2O2/c1-7-10-13(16)11(18(6)17-10)9-12(19)14(20-8-2)15(3,4)5/h12,14,19H,7-9H2,1-6H3. The third kappa shape index (κ3) is 3.96. The highest BCUT2D eigenvalue weighted by Gasteiger charge is 2.33. The van der Waals surface area contributed by atoms with Crippen molar-refractivity contribution < 1.29 is 9.84 Å². The van der Waals surface area contributed by atoms with E-state index in [1.807, 2.05) is 20.9 Å². The fraction of sp³-hybridized carbons (Fsp3) is 0.800. The van der Waals surface area contributed by atoms with Crippen molar-refractivity contribution in [2.45, 2.75) is 59.7 Å². The maximum Gasteiger partial charge on any atom is 0.0885 e. The molecule has 0 amide bonds. The molecule has 1 rings (SSSR count). The van der Waals surface area contributed by atoms with Crippen molar-refractivity contribution in [1.82, 2.24) is 9.78 Å². The number of aliphatic hydroxyl groups excluding tert-OH is 1. The first kappa shape index (κ1) is 17.5.